The Labute approximate surface area is 258 Å². The number of piperidine rings is 1. The summed E-state index contributed by atoms with van der Waals surface area (Å²) in [4.78, 5) is 27.3. The average Bonchev–Trinajstić information content (AvgIpc) is 3.05. The standard InChI is InChI=1S/C32H37N5O6S/c1-34(44(41,42)31-10-6-3-7-11-31)24-28(27-8-4-2-5-9-27)16-20-35-21-17-29(18-22-35)36(23-19-33)32(38)43-25-26-12-14-30(15-13-26)37(39)40/h2-15,28-29H,16-18,20-25H2,1H3. The van der Waals surface area contributed by atoms with Crippen molar-refractivity contribution in [3.8, 4) is 6.07 Å². The van der Waals surface area contributed by atoms with E-state index >= 15 is 0 Å². The van der Waals surface area contributed by atoms with Gasteiger partial charge in [0.05, 0.1) is 15.9 Å². The van der Waals surface area contributed by atoms with Gasteiger partial charge in [-0.1, -0.05) is 48.5 Å². The number of amides is 1. The van der Waals surface area contributed by atoms with Gasteiger partial charge < -0.3 is 9.64 Å². The number of ether oxygens (including phenoxy) is 1. The lowest BCUT2D eigenvalue weighted by atomic mass is 9.94. The van der Waals surface area contributed by atoms with Gasteiger partial charge >= 0.3 is 6.09 Å². The van der Waals surface area contributed by atoms with Gasteiger partial charge in [-0.2, -0.15) is 5.26 Å². The Hall–Kier alpha value is -4.31. The Morgan fingerprint density at radius 1 is 1.05 bits per heavy atom. The molecule has 1 amide bonds. The van der Waals surface area contributed by atoms with Gasteiger partial charge in [0.25, 0.3) is 5.69 Å². The predicted molar refractivity (Wildman–Crippen MR) is 165 cm³/mol. The number of rotatable bonds is 13. The van der Waals surface area contributed by atoms with Gasteiger partial charge in [-0.25, -0.2) is 17.5 Å². The minimum atomic E-state index is -3.63. The molecule has 0 saturated carbocycles. The molecule has 1 heterocycles. The van der Waals surface area contributed by atoms with Crippen molar-refractivity contribution in [2.75, 3.05) is 39.8 Å². The number of non-ortho nitro benzene ring substituents is 1. The van der Waals surface area contributed by atoms with Crippen LogP contribution in [0, 0.1) is 21.4 Å². The maximum Gasteiger partial charge on any atom is 0.411 e. The molecule has 0 bridgehead atoms. The number of sulfonamides is 1. The number of hydrogen-bond acceptors (Lipinski definition) is 8. The first-order chi connectivity index (χ1) is 21.2. The highest BCUT2D eigenvalue weighted by Crippen LogP contribution is 2.26. The number of benzene rings is 3. The first-order valence-electron chi connectivity index (χ1n) is 14.5. The normalized spacial score (nSPS) is 14.9. The molecule has 232 valence electrons. The molecule has 44 heavy (non-hydrogen) atoms. The quantitative estimate of drug-likeness (QED) is 0.148. The zero-order chi connectivity index (χ0) is 31.5. The largest absolute Gasteiger partial charge is 0.445 e. The lowest BCUT2D eigenvalue weighted by Crippen LogP contribution is -2.48. The molecule has 12 heteroatoms. The van der Waals surface area contributed by atoms with E-state index < -0.39 is 21.0 Å². The summed E-state index contributed by atoms with van der Waals surface area (Å²) in [5.41, 5.74) is 1.65. The van der Waals surface area contributed by atoms with Crippen LogP contribution in [-0.4, -0.2) is 79.4 Å². The van der Waals surface area contributed by atoms with E-state index in [9.17, 15) is 28.6 Å². The number of carbonyl (C=O) groups excluding carboxylic acids is 1. The number of nitriles is 1. The summed E-state index contributed by atoms with van der Waals surface area (Å²) in [6, 6.07) is 26.1. The van der Waals surface area contributed by atoms with Crippen LogP contribution in [-0.2, 0) is 21.4 Å². The molecule has 0 spiro atoms. The number of nitro groups is 1. The van der Waals surface area contributed by atoms with E-state index in [0.29, 0.717) is 24.9 Å². The first kappa shape index (κ1) is 32.6. The van der Waals surface area contributed by atoms with Crippen LogP contribution in [0.1, 0.15) is 36.3 Å². The Bertz CT molecular complexity index is 1520. The predicted octanol–water partition coefficient (Wildman–Crippen LogP) is 5.02. The molecule has 1 fully saturated rings. The highest BCUT2D eigenvalue weighted by atomic mass is 32.2. The van der Waals surface area contributed by atoms with E-state index in [-0.39, 0.29) is 35.7 Å². The Kier molecular flexibility index (Phi) is 11.4. The fourth-order valence-electron chi connectivity index (χ4n) is 5.42. The molecule has 1 aliphatic rings. The molecular weight excluding hydrogens is 582 g/mol. The van der Waals surface area contributed by atoms with E-state index in [1.165, 1.54) is 33.5 Å². The molecule has 11 nitrogen and oxygen atoms in total. The summed E-state index contributed by atoms with van der Waals surface area (Å²) >= 11 is 0. The molecule has 1 unspecified atom stereocenters. The molecule has 3 aromatic carbocycles. The Morgan fingerprint density at radius 3 is 2.25 bits per heavy atom. The first-order valence-corrected chi connectivity index (χ1v) is 16.0. The monoisotopic (exact) mass is 619 g/mol. The summed E-state index contributed by atoms with van der Waals surface area (Å²) in [6.45, 7) is 2.40. The average molecular weight is 620 g/mol. The van der Waals surface area contributed by atoms with Crippen LogP contribution in [0.4, 0.5) is 10.5 Å². The number of nitro benzene ring substituents is 1. The highest BCUT2D eigenvalue weighted by Gasteiger charge is 2.30. The molecule has 1 atom stereocenters. The van der Waals surface area contributed by atoms with Crippen molar-refractivity contribution in [1.82, 2.24) is 14.1 Å². The Morgan fingerprint density at radius 2 is 1.66 bits per heavy atom. The van der Waals surface area contributed by atoms with Crippen LogP contribution in [0.5, 0.6) is 0 Å². The minimum Gasteiger partial charge on any atom is -0.445 e. The molecule has 0 N–H and O–H groups in total. The van der Waals surface area contributed by atoms with Gasteiger partial charge in [-0.3, -0.25) is 15.0 Å². The van der Waals surface area contributed by atoms with E-state index in [4.69, 9.17) is 4.74 Å². The van der Waals surface area contributed by atoms with Gasteiger partial charge in [-0.15, -0.1) is 0 Å². The van der Waals surface area contributed by atoms with E-state index in [2.05, 4.69) is 11.0 Å². The number of carbonyl (C=O) groups is 1. The molecule has 4 rings (SSSR count). The molecule has 0 radical (unpaired) electrons. The van der Waals surface area contributed by atoms with E-state index in [1.54, 1.807) is 37.4 Å². The van der Waals surface area contributed by atoms with Crippen molar-refractivity contribution in [2.24, 2.45) is 0 Å². The molecule has 0 aromatic heterocycles. The SMILES string of the molecule is CN(CC(CCN1CCC(N(CC#N)C(=O)OCc2ccc([N+](=O)[O-])cc2)CC1)c1ccccc1)S(=O)(=O)c1ccccc1. The smallest absolute Gasteiger partial charge is 0.411 e. The molecule has 1 saturated heterocycles. The van der Waals surface area contributed by atoms with Crippen molar-refractivity contribution >= 4 is 21.8 Å². The summed E-state index contributed by atoms with van der Waals surface area (Å²) in [6.07, 6.45) is 1.51. The number of likely N-dealkylation sites (tertiary alicyclic amines) is 1. The van der Waals surface area contributed by atoms with Gasteiger partial charge in [-0.05, 0) is 67.1 Å². The van der Waals surface area contributed by atoms with E-state index in [1.807, 2.05) is 30.3 Å². The molecular formula is C32H37N5O6S. The number of likely N-dealkylation sites (N-methyl/N-ethyl adjacent to an activating group) is 1. The second kappa shape index (κ2) is 15.4. The Balaban J connectivity index is 1.32. The topological polar surface area (TPSA) is 137 Å². The summed E-state index contributed by atoms with van der Waals surface area (Å²) in [7, 11) is -2.01. The van der Waals surface area contributed by atoms with Crippen LogP contribution in [0.3, 0.4) is 0 Å². The fraction of sp³-hybridized carbons (Fsp3) is 0.375. The third kappa shape index (κ3) is 8.63. The van der Waals surface area contributed by atoms with Crippen LogP contribution in [0.25, 0.3) is 0 Å². The van der Waals surface area contributed by atoms with Crippen LogP contribution < -0.4 is 0 Å². The maximum atomic E-state index is 13.2. The lowest BCUT2D eigenvalue weighted by Gasteiger charge is -2.37. The second-order valence-electron chi connectivity index (χ2n) is 10.8. The highest BCUT2D eigenvalue weighted by molar-refractivity contribution is 7.89. The fourth-order valence-corrected chi connectivity index (χ4v) is 6.66. The number of hydrogen-bond donors (Lipinski definition) is 0. The van der Waals surface area contributed by atoms with Crippen molar-refractivity contribution in [2.45, 2.75) is 42.7 Å². The van der Waals surface area contributed by atoms with Crippen molar-refractivity contribution < 1.29 is 22.9 Å². The third-order valence-corrected chi connectivity index (χ3v) is 9.81. The molecule has 0 aliphatic carbocycles. The van der Waals surface area contributed by atoms with Gasteiger partial charge in [0.15, 0.2) is 0 Å². The second-order valence-corrected chi connectivity index (χ2v) is 12.9. The number of nitrogens with zero attached hydrogens (tertiary/aromatic N) is 5. The zero-order valence-electron chi connectivity index (χ0n) is 24.7. The zero-order valence-corrected chi connectivity index (χ0v) is 25.5. The maximum absolute atomic E-state index is 13.2. The van der Waals surface area contributed by atoms with E-state index in [0.717, 1.165) is 31.6 Å². The van der Waals surface area contributed by atoms with Gasteiger partial charge in [0.1, 0.15) is 13.2 Å². The van der Waals surface area contributed by atoms with Crippen LogP contribution in [0.2, 0.25) is 0 Å². The van der Waals surface area contributed by atoms with Gasteiger partial charge in [0, 0.05) is 44.9 Å². The van der Waals surface area contributed by atoms with Crippen LogP contribution >= 0.6 is 0 Å². The van der Waals surface area contributed by atoms with Crippen LogP contribution in [0.15, 0.2) is 89.8 Å². The van der Waals surface area contributed by atoms with Gasteiger partial charge in [0.2, 0.25) is 10.0 Å². The lowest BCUT2D eigenvalue weighted by molar-refractivity contribution is -0.384. The van der Waals surface area contributed by atoms with Crippen molar-refractivity contribution in [3.63, 3.8) is 0 Å². The summed E-state index contributed by atoms with van der Waals surface area (Å²) in [5, 5.41) is 20.2. The van der Waals surface area contributed by atoms with Crippen molar-refractivity contribution in [3.05, 3.63) is 106 Å². The summed E-state index contributed by atoms with van der Waals surface area (Å²) in [5.74, 6) is -0.0121. The molecule has 3 aromatic rings. The third-order valence-electron chi connectivity index (χ3n) is 7.98. The summed E-state index contributed by atoms with van der Waals surface area (Å²) < 4.78 is 33.3. The molecule has 1 aliphatic heterocycles. The minimum absolute atomic E-state index is 0.0121. The van der Waals surface area contributed by atoms with Crippen molar-refractivity contribution in [1.29, 1.82) is 5.26 Å².